The SMILES string of the molecule is Cc1c(C(=O)Nc2cc(C(C)(C)C)nn2C(C)(C)C)cnn1-c1ccccc1F. The van der Waals surface area contributed by atoms with Crippen molar-refractivity contribution in [3.8, 4) is 5.69 Å². The van der Waals surface area contributed by atoms with Gasteiger partial charge >= 0.3 is 0 Å². The van der Waals surface area contributed by atoms with E-state index in [1.54, 1.807) is 25.1 Å². The summed E-state index contributed by atoms with van der Waals surface area (Å²) in [5, 5.41) is 11.9. The van der Waals surface area contributed by atoms with Crippen molar-refractivity contribution in [2.24, 2.45) is 0 Å². The van der Waals surface area contributed by atoms with Gasteiger partial charge in [0, 0.05) is 11.5 Å². The van der Waals surface area contributed by atoms with Crippen LogP contribution < -0.4 is 5.32 Å². The first-order valence-electron chi connectivity index (χ1n) is 9.61. The van der Waals surface area contributed by atoms with Crippen molar-refractivity contribution in [1.82, 2.24) is 19.6 Å². The first kappa shape index (κ1) is 20.8. The minimum atomic E-state index is -0.397. The lowest BCUT2D eigenvalue weighted by Crippen LogP contribution is -2.27. The molecule has 1 aromatic carbocycles. The van der Waals surface area contributed by atoms with E-state index >= 15 is 0 Å². The molecule has 2 aromatic heterocycles. The third-order valence-electron chi connectivity index (χ3n) is 4.69. The molecule has 29 heavy (non-hydrogen) atoms. The van der Waals surface area contributed by atoms with Gasteiger partial charge in [-0.05, 0) is 39.8 Å². The topological polar surface area (TPSA) is 64.7 Å². The lowest BCUT2D eigenvalue weighted by atomic mass is 9.92. The zero-order valence-corrected chi connectivity index (χ0v) is 18.0. The van der Waals surface area contributed by atoms with Crippen molar-refractivity contribution in [1.29, 1.82) is 0 Å². The fraction of sp³-hybridized carbons (Fsp3) is 0.409. The lowest BCUT2D eigenvalue weighted by Gasteiger charge is -2.23. The number of hydrogen-bond acceptors (Lipinski definition) is 3. The molecule has 6 nitrogen and oxygen atoms in total. The fourth-order valence-corrected chi connectivity index (χ4v) is 3.03. The number of nitrogens with one attached hydrogen (secondary N) is 1. The number of benzene rings is 1. The van der Waals surface area contributed by atoms with Crippen LogP contribution in [0.25, 0.3) is 5.69 Å². The molecule has 1 amide bonds. The summed E-state index contributed by atoms with van der Waals surface area (Å²) in [5.41, 5.74) is 1.68. The van der Waals surface area contributed by atoms with Crippen LogP contribution in [0.4, 0.5) is 10.2 Å². The second-order valence-corrected chi connectivity index (χ2v) is 9.21. The van der Waals surface area contributed by atoms with Gasteiger partial charge in [-0.1, -0.05) is 32.9 Å². The number of nitrogens with zero attached hydrogens (tertiary/aromatic N) is 4. The van der Waals surface area contributed by atoms with Crippen LogP contribution in [-0.2, 0) is 11.0 Å². The van der Waals surface area contributed by atoms with Crippen LogP contribution in [0.3, 0.4) is 0 Å². The van der Waals surface area contributed by atoms with E-state index in [4.69, 9.17) is 5.10 Å². The van der Waals surface area contributed by atoms with E-state index in [9.17, 15) is 9.18 Å². The highest BCUT2D eigenvalue weighted by Gasteiger charge is 2.27. The van der Waals surface area contributed by atoms with Crippen molar-refractivity contribution in [3.63, 3.8) is 0 Å². The van der Waals surface area contributed by atoms with E-state index in [0.29, 0.717) is 22.8 Å². The number of aromatic nitrogens is 4. The Hall–Kier alpha value is -2.96. The highest BCUT2D eigenvalue weighted by Crippen LogP contribution is 2.28. The molecule has 2 heterocycles. The predicted octanol–water partition coefficient (Wildman–Crippen LogP) is 4.82. The molecule has 0 radical (unpaired) electrons. The summed E-state index contributed by atoms with van der Waals surface area (Å²) in [6.07, 6.45) is 1.46. The minimum Gasteiger partial charge on any atom is -0.307 e. The molecule has 0 fully saturated rings. The average Bonchev–Trinajstić information content (AvgIpc) is 3.19. The van der Waals surface area contributed by atoms with Gasteiger partial charge in [-0.3, -0.25) is 4.79 Å². The molecule has 0 saturated carbocycles. The summed E-state index contributed by atoms with van der Waals surface area (Å²) in [4.78, 5) is 13.0. The summed E-state index contributed by atoms with van der Waals surface area (Å²) in [5.74, 6) is -0.0901. The van der Waals surface area contributed by atoms with Crippen LogP contribution in [-0.4, -0.2) is 25.5 Å². The molecule has 0 spiro atoms. The summed E-state index contributed by atoms with van der Waals surface area (Å²) in [6.45, 7) is 14.1. The first-order valence-corrected chi connectivity index (χ1v) is 9.61. The smallest absolute Gasteiger partial charge is 0.260 e. The monoisotopic (exact) mass is 397 g/mol. The zero-order chi connectivity index (χ0) is 21.6. The number of hydrogen-bond donors (Lipinski definition) is 1. The Morgan fingerprint density at radius 1 is 1.10 bits per heavy atom. The number of anilines is 1. The minimum absolute atomic E-state index is 0.151. The standard InChI is InChI=1S/C22H28FN5O/c1-14-15(13-24-27(14)17-11-9-8-10-16(17)23)20(29)25-19-12-18(21(2,3)4)26-28(19)22(5,6)7/h8-13H,1-7H3,(H,25,29). The average molecular weight is 397 g/mol. The molecule has 3 rings (SSSR count). The molecule has 0 saturated heterocycles. The van der Waals surface area contributed by atoms with E-state index in [-0.39, 0.29) is 16.9 Å². The van der Waals surface area contributed by atoms with Crippen molar-refractivity contribution in [2.75, 3.05) is 5.32 Å². The molecular weight excluding hydrogens is 369 g/mol. The van der Waals surface area contributed by atoms with Gasteiger partial charge in [0.15, 0.2) is 0 Å². The highest BCUT2D eigenvalue weighted by molar-refractivity contribution is 6.04. The Labute approximate surface area is 170 Å². The van der Waals surface area contributed by atoms with Crippen LogP contribution in [0.1, 0.15) is 63.3 Å². The molecule has 7 heteroatoms. The van der Waals surface area contributed by atoms with Gasteiger partial charge < -0.3 is 5.32 Å². The van der Waals surface area contributed by atoms with Gasteiger partial charge in [0.2, 0.25) is 0 Å². The van der Waals surface area contributed by atoms with Gasteiger partial charge in [0.25, 0.3) is 5.91 Å². The second kappa shape index (κ2) is 7.13. The van der Waals surface area contributed by atoms with Gasteiger partial charge in [-0.25, -0.2) is 13.8 Å². The van der Waals surface area contributed by atoms with Gasteiger partial charge in [-0.2, -0.15) is 10.2 Å². The Morgan fingerprint density at radius 2 is 1.76 bits per heavy atom. The molecule has 3 aromatic rings. The van der Waals surface area contributed by atoms with E-state index in [2.05, 4.69) is 31.2 Å². The normalized spacial score (nSPS) is 12.3. The van der Waals surface area contributed by atoms with Crippen molar-refractivity contribution in [2.45, 2.75) is 59.4 Å². The second-order valence-electron chi connectivity index (χ2n) is 9.21. The molecule has 0 aliphatic rings. The van der Waals surface area contributed by atoms with Crippen molar-refractivity contribution < 1.29 is 9.18 Å². The number of halogens is 1. The molecule has 1 N–H and O–H groups in total. The number of rotatable bonds is 3. The van der Waals surface area contributed by atoms with Crippen molar-refractivity contribution >= 4 is 11.7 Å². The summed E-state index contributed by atoms with van der Waals surface area (Å²) in [7, 11) is 0. The van der Waals surface area contributed by atoms with Gasteiger partial charge in [0.1, 0.15) is 17.3 Å². The summed E-state index contributed by atoms with van der Waals surface area (Å²) < 4.78 is 17.4. The Kier molecular flexibility index (Phi) is 5.11. The molecule has 0 aliphatic carbocycles. The maximum Gasteiger partial charge on any atom is 0.260 e. The van der Waals surface area contributed by atoms with Crippen LogP contribution >= 0.6 is 0 Å². The lowest BCUT2D eigenvalue weighted by molar-refractivity contribution is 0.102. The fourth-order valence-electron chi connectivity index (χ4n) is 3.03. The van der Waals surface area contributed by atoms with E-state index in [0.717, 1.165) is 5.69 Å². The van der Waals surface area contributed by atoms with Gasteiger partial charge in [-0.15, -0.1) is 0 Å². The van der Waals surface area contributed by atoms with E-state index in [1.165, 1.54) is 16.9 Å². The number of amides is 1. The van der Waals surface area contributed by atoms with Crippen LogP contribution in [0, 0.1) is 12.7 Å². The van der Waals surface area contributed by atoms with E-state index < -0.39 is 5.82 Å². The van der Waals surface area contributed by atoms with E-state index in [1.807, 2.05) is 31.5 Å². The maximum atomic E-state index is 14.1. The van der Waals surface area contributed by atoms with Gasteiger partial charge in [0.05, 0.1) is 28.7 Å². The summed E-state index contributed by atoms with van der Waals surface area (Å²) in [6, 6.07) is 8.24. The third-order valence-corrected chi connectivity index (χ3v) is 4.69. The Bertz CT molecular complexity index is 1050. The molecule has 0 atom stereocenters. The molecule has 154 valence electrons. The maximum absolute atomic E-state index is 14.1. The Morgan fingerprint density at radius 3 is 2.34 bits per heavy atom. The quantitative estimate of drug-likeness (QED) is 0.689. The van der Waals surface area contributed by atoms with Crippen LogP contribution in [0.5, 0.6) is 0 Å². The first-order chi connectivity index (χ1) is 13.4. The van der Waals surface area contributed by atoms with Crippen molar-refractivity contribution in [3.05, 3.63) is 59.3 Å². The molecule has 0 bridgehead atoms. The molecular formula is C22H28FN5O. The summed E-state index contributed by atoms with van der Waals surface area (Å²) >= 11 is 0. The third kappa shape index (κ3) is 4.09. The molecule has 0 aliphatic heterocycles. The Balaban J connectivity index is 1.96. The zero-order valence-electron chi connectivity index (χ0n) is 18.0. The largest absolute Gasteiger partial charge is 0.307 e. The predicted molar refractivity (Wildman–Crippen MR) is 112 cm³/mol. The molecule has 0 unspecified atom stereocenters. The highest BCUT2D eigenvalue weighted by atomic mass is 19.1. The number of para-hydroxylation sites is 1. The van der Waals surface area contributed by atoms with Crippen LogP contribution in [0.2, 0.25) is 0 Å². The van der Waals surface area contributed by atoms with Crippen LogP contribution in [0.15, 0.2) is 36.5 Å². The number of carbonyl (C=O) groups is 1. The number of carbonyl (C=O) groups excluding carboxylic acids is 1.